The Labute approximate surface area is 145 Å². The number of hydrogen-bond acceptors (Lipinski definition) is 4. The molecule has 0 saturated heterocycles. The van der Waals surface area contributed by atoms with Crippen molar-refractivity contribution in [2.75, 3.05) is 0 Å². The van der Waals surface area contributed by atoms with Crippen molar-refractivity contribution < 1.29 is 4.52 Å². The van der Waals surface area contributed by atoms with Crippen molar-refractivity contribution in [3.8, 4) is 11.4 Å². The predicted molar refractivity (Wildman–Crippen MR) is 88.1 cm³/mol. The van der Waals surface area contributed by atoms with Gasteiger partial charge in [0.05, 0.1) is 22.2 Å². The summed E-state index contributed by atoms with van der Waals surface area (Å²) in [5.74, 6) is 0.988. The van der Waals surface area contributed by atoms with Crippen molar-refractivity contribution >= 4 is 39.1 Å². The van der Waals surface area contributed by atoms with Gasteiger partial charge in [0.25, 0.3) is 0 Å². The molecule has 0 bridgehead atoms. The van der Waals surface area contributed by atoms with Crippen molar-refractivity contribution in [3.05, 3.63) is 50.5 Å². The summed E-state index contributed by atoms with van der Waals surface area (Å²) in [6.45, 7) is 2.65. The monoisotopic (exact) mass is 400 g/mol. The summed E-state index contributed by atoms with van der Waals surface area (Å²) >= 11 is 15.5. The standard InChI is InChI=1S/C14H11BrCl2N4O/c1-8-11(15)7-18-21(8)5-4-13-19-14(20-22-13)10-3-2-9(16)6-12(10)17/h2-3,6-7H,4-5H2,1H3. The summed E-state index contributed by atoms with van der Waals surface area (Å²) in [4.78, 5) is 4.36. The van der Waals surface area contributed by atoms with E-state index in [9.17, 15) is 0 Å². The SMILES string of the molecule is Cc1c(Br)cnn1CCc1nc(-c2ccc(Cl)cc2Cl)no1. The molecule has 1 aromatic carbocycles. The molecule has 0 N–H and O–H groups in total. The molecule has 22 heavy (non-hydrogen) atoms. The zero-order valence-corrected chi connectivity index (χ0v) is 14.7. The third-order valence-corrected chi connectivity index (χ3v) is 4.55. The second kappa shape index (κ2) is 6.40. The van der Waals surface area contributed by atoms with Crippen molar-refractivity contribution in [2.45, 2.75) is 19.9 Å². The smallest absolute Gasteiger partial charge is 0.228 e. The van der Waals surface area contributed by atoms with Crippen molar-refractivity contribution in [1.82, 2.24) is 19.9 Å². The minimum atomic E-state index is 0.454. The number of aromatic nitrogens is 4. The van der Waals surface area contributed by atoms with Gasteiger partial charge >= 0.3 is 0 Å². The van der Waals surface area contributed by atoms with Gasteiger partial charge < -0.3 is 4.52 Å². The van der Waals surface area contributed by atoms with E-state index in [2.05, 4.69) is 31.2 Å². The second-order valence-electron chi connectivity index (χ2n) is 4.69. The van der Waals surface area contributed by atoms with Gasteiger partial charge in [-0.05, 0) is 41.1 Å². The van der Waals surface area contributed by atoms with Gasteiger partial charge in [0.1, 0.15) is 0 Å². The van der Waals surface area contributed by atoms with Crippen LogP contribution in [0.1, 0.15) is 11.6 Å². The molecule has 3 rings (SSSR count). The maximum Gasteiger partial charge on any atom is 0.228 e. The van der Waals surface area contributed by atoms with Gasteiger partial charge in [0.2, 0.25) is 11.7 Å². The van der Waals surface area contributed by atoms with Crippen LogP contribution in [-0.4, -0.2) is 19.9 Å². The van der Waals surface area contributed by atoms with Gasteiger partial charge in [0, 0.05) is 22.7 Å². The summed E-state index contributed by atoms with van der Waals surface area (Å²) < 4.78 is 8.12. The van der Waals surface area contributed by atoms with Crippen LogP contribution in [0.5, 0.6) is 0 Å². The van der Waals surface area contributed by atoms with Crippen LogP contribution >= 0.6 is 39.1 Å². The lowest BCUT2D eigenvalue weighted by molar-refractivity contribution is 0.368. The molecular weight excluding hydrogens is 391 g/mol. The minimum Gasteiger partial charge on any atom is -0.339 e. The Bertz CT molecular complexity index is 815. The second-order valence-corrected chi connectivity index (χ2v) is 6.38. The van der Waals surface area contributed by atoms with Crippen molar-refractivity contribution in [3.63, 3.8) is 0 Å². The highest BCUT2D eigenvalue weighted by Crippen LogP contribution is 2.28. The van der Waals surface area contributed by atoms with Gasteiger partial charge in [-0.1, -0.05) is 28.4 Å². The van der Waals surface area contributed by atoms with E-state index in [-0.39, 0.29) is 0 Å². The first-order valence-corrected chi connectivity index (χ1v) is 8.05. The number of aryl methyl sites for hydroxylation is 2. The molecule has 0 saturated carbocycles. The molecule has 0 radical (unpaired) electrons. The average molecular weight is 402 g/mol. The normalized spacial score (nSPS) is 11.1. The Hall–Kier alpha value is -1.37. The summed E-state index contributed by atoms with van der Waals surface area (Å²) in [7, 11) is 0. The molecule has 0 aliphatic rings. The van der Waals surface area contributed by atoms with Gasteiger partial charge in [-0.3, -0.25) is 4.68 Å². The molecule has 0 atom stereocenters. The fraction of sp³-hybridized carbons (Fsp3) is 0.214. The van der Waals surface area contributed by atoms with Crippen LogP contribution in [0.4, 0.5) is 0 Å². The van der Waals surface area contributed by atoms with E-state index in [1.54, 1.807) is 24.4 Å². The molecule has 3 aromatic rings. The Morgan fingerprint density at radius 3 is 2.82 bits per heavy atom. The number of hydrogen-bond donors (Lipinski definition) is 0. The summed E-state index contributed by atoms with van der Waals surface area (Å²) in [5, 5.41) is 9.29. The lowest BCUT2D eigenvalue weighted by atomic mass is 10.2. The third kappa shape index (κ3) is 3.19. The van der Waals surface area contributed by atoms with Gasteiger partial charge in [-0.2, -0.15) is 10.1 Å². The molecule has 2 heterocycles. The first-order valence-electron chi connectivity index (χ1n) is 6.50. The van der Waals surface area contributed by atoms with Gasteiger partial charge in [-0.15, -0.1) is 0 Å². The zero-order valence-electron chi connectivity index (χ0n) is 11.6. The van der Waals surface area contributed by atoms with Crippen LogP contribution in [0.3, 0.4) is 0 Å². The van der Waals surface area contributed by atoms with E-state index in [1.165, 1.54) is 0 Å². The molecule has 0 fully saturated rings. The summed E-state index contributed by atoms with van der Waals surface area (Å²) in [6, 6.07) is 5.16. The first-order chi connectivity index (χ1) is 10.5. The number of rotatable bonds is 4. The highest BCUT2D eigenvalue weighted by atomic mass is 79.9. The maximum atomic E-state index is 6.14. The van der Waals surface area contributed by atoms with Gasteiger partial charge in [-0.25, -0.2) is 0 Å². The van der Waals surface area contributed by atoms with Crippen LogP contribution in [-0.2, 0) is 13.0 Å². The number of halogens is 3. The number of nitrogens with zero attached hydrogens (tertiary/aromatic N) is 4. The topological polar surface area (TPSA) is 56.7 Å². The van der Waals surface area contributed by atoms with Crippen LogP contribution in [0.2, 0.25) is 10.0 Å². The van der Waals surface area contributed by atoms with E-state index in [0.717, 1.165) is 10.2 Å². The van der Waals surface area contributed by atoms with E-state index >= 15 is 0 Å². The van der Waals surface area contributed by atoms with Gasteiger partial charge in [0.15, 0.2) is 0 Å². The quantitative estimate of drug-likeness (QED) is 0.643. The summed E-state index contributed by atoms with van der Waals surface area (Å²) in [5.41, 5.74) is 1.75. The Morgan fingerprint density at radius 2 is 2.14 bits per heavy atom. The Morgan fingerprint density at radius 1 is 1.32 bits per heavy atom. The predicted octanol–water partition coefficient (Wildman–Crippen LogP) is 4.55. The average Bonchev–Trinajstić information content (AvgIpc) is 3.06. The Kier molecular flexibility index (Phi) is 4.52. The maximum absolute atomic E-state index is 6.14. The third-order valence-electron chi connectivity index (χ3n) is 3.22. The van der Waals surface area contributed by atoms with E-state index in [1.807, 2.05) is 11.6 Å². The molecule has 8 heteroatoms. The molecule has 114 valence electrons. The molecule has 0 aliphatic carbocycles. The Balaban J connectivity index is 1.75. The fourth-order valence-corrected chi connectivity index (χ4v) is 2.78. The highest BCUT2D eigenvalue weighted by Gasteiger charge is 2.13. The minimum absolute atomic E-state index is 0.454. The first kappa shape index (κ1) is 15.5. The molecule has 2 aromatic heterocycles. The molecule has 0 aliphatic heterocycles. The van der Waals surface area contributed by atoms with E-state index in [0.29, 0.717) is 40.3 Å². The molecule has 0 spiro atoms. The molecule has 0 unspecified atom stereocenters. The molecule has 5 nitrogen and oxygen atoms in total. The number of benzene rings is 1. The highest BCUT2D eigenvalue weighted by molar-refractivity contribution is 9.10. The molecule has 0 amide bonds. The van der Waals surface area contributed by atoms with Crippen molar-refractivity contribution in [1.29, 1.82) is 0 Å². The van der Waals surface area contributed by atoms with Crippen LogP contribution in [0.15, 0.2) is 33.4 Å². The van der Waals surface area contributed by atoms with Crippen LogP contribution < -0.4 is 0 Å². The van der Waals surface area contributed by atoms with Crippen LogP contribution in [0, 0.1) is 6.92 Å². The lowest BCUT2D eigenvalue weighted by Crippen LogP contribution is -2.05. The van der Waals surface area contributed by atoms with Crippen LogP contribution in [0.25, 0.3) is 11.4 Å². The van der Waals surface area contributed by atoms with Crippen molar-refractivity contribution in [2.24, 2.45) is 0 Å². The lowest BCUT2D eigenvalue weighted by Gasteiger charge is -2.01. The van der Waals surface area contributed by atoms with E-state index in [4.69, 9.17) is 27.7 Å². The fourth-order valence-electron chi connectivity index (χ4n) is 1.99. The summed E-state index contributed by atoms with van der Waals surface area (Å²) in [6.07, 6.45) is 2.36. The van der Waals surface area contributed by atoms with E-state index < -0.39 is 0 Å². The molecular formula is C14H11BrCl2N4O. The largest absolute Gasteiger partial charge is 0.339 e. The zero-order chi connectivity index (χ0) is 15.7.